The highest BCUT2D eigenvalue weighted by molar-refractivity contribution is 5.18. The zero-order valence-electron chi connectivity index (χ0n) is 7.20. The van der Waals surface area contributed by atoms with Gasteiger partial charge in [0.05, 0.1) is 12.7 Å². The van der Waals surface area contributed by atoms with Crippen LogP contribution in [0.2, 0.25) is 0 Å². The SMILES string of the molecule is Fc1ccc(C2CCOCO2)cc1. The van der Waals surface area contributed by atoms with Crippen molar-refractivity contribution in [2.45, 2.75) is 12.5 Å². The molecule has 0 spiro atoms. The van der Waals surface area contributed by atoms with Gasteiger partial charge in [0, 0.05) is 6.42 Å². The molecule has 1 aliphatic heterocycles. The summed E-state index contributed by atoms with van der Waals surface area (Å²) in [4.78, 5) is 0. The van der Waals surface area contributed by atoms with E-state index in [1.165, 1.54) is 12.1 Å². The molecule has 0 radical (unpaired) electrons. The van der Waals surface area contributed by atoms with Crippen LogP contribution in [0, 0.1) is 5.82 Å². The van der Waals surface area contributed by atoms with Crippen LogP contribution in [0.5, 0.6) is 0 Å². The van der Waals surface area contributed by atoms with Gasteiger partial charge in [-0.15, -0.1) is 0 Å². The molecule has 2 rings (SSSR count). The van der Waals surface area contributed by atoms with Crippen molar-refractivity contribution in [2.24, 2.45) is 0 Å². The average molecular weight is 182 g/mol. The molecular formula is C10H11FO2. The molecule has 1 aromatic carbocycles. The number of rotatable bonds is 1. The third-order valence-electron chi connectivity index (χ3n) is 2.12. The van der Waals surface area contributed by atoms with Crippen molar-refractivity contribution in [3.8, 4) is 0 Å². The van der Waals surface area contributed by atoms with Crippen LogP contribution in [0.15, 0.2) is 24.3 Å². The van der Waals surface area contributed by atoms with Gasteiger partial charge in [-0.3, -0.25) is 0 Å². The van der Waals surface area contributed by atoms with E-state index in [0.29, 0.717) is 13.4 Å². The molecule has 3 heteroatoms. The highest BCUT2D eigenvalue weighted by Gasteiger charge is 2.15. The zero-order chi connectivity index (χ0) is 9.10. The largest absolute Gasteiger partial charge is 0.355 e. The van der Waals surface area contributed by atoms with E-state index in [1.807, 2.05) is 0 Å². The third kappa shape index (κ3) is 2.05. The summed E-state index contributed by atoms with van der Waals surface area (Å²) in [6.45, 7) is 1.05. The molecule has 0 amide bonds. The molecule has 0 aromatic heterocycles. The zero-order valence-corrected chi connectivity index (χ0v) is 7.20. The second-order valence-electron chi connectivity index (χ2n) is 3.02. The number of hydrogen-bond acceptors (Lipinski definition) is 2. The number of ether oxygens (including phenoxy) is 2. The van der Waals surface area contributed by atoms with Crippen LogP contribution in [0.25, 0.3) is 0 Å². The highest BCUT2D eigenvalue weighted by Crippen LogP contribution is 2.24. The van der Waals surface area contributed by atoms with Crippen LogP contribution in [-0.2, 0) is 9.47 Å². The Kier molecular flexibility index (Phi) is 2.57. The highest BCUT2D eigenvalue weighted by atomic mass is 19.1. The van der Waals surface area contributed by atoms with Crippen LogP contribution in [0.1, 0.15) is 18.1 Å². The van der Waals surface area contributed by atoms with Gasteiger partial charge in [0.15, 0.2) is 0 Å². The molecule has 1 heterocycles. The van der Waals surface area contributed by atoms with E-state index in [4.69, 9.17) is 9.47 Å². The Morgan fingerprint density at radius 2 is 2.00 bits per heavy atom. The number of halogens is 1. The van der Waals surface area contributed by atoms with Crippen molar-refractivity contribution >= 4 is 0 Å². The van der Waals surface area contributed by atoms with Gasteiger partial charge in [-0.1, -0.05) is 12.1 Å². The number of benzene rings is 1. The van der Waals surface area contributed by atoms with Gasteiger partial charge in [0.1, 0.15) is 12.6 Å². The lowest BCUT2D eigenvalue weighted by atomic mass is 10.1. The van der Waals surface area contributed by atoms with Gasteiger partial charge in [-0.2, -0.15) is 0 Å². The lowest BCUT2D eigenvalue weighted by Crippen LogP contribution is -2.16. The Morgan fingerprint density at radius 1 is 1.23 bits per heavy atom. The molecule has 1 fully saturated rings. The Morgan fingerprint density at radius 3 is 2.62 bits per heavy atom. The Hall–Kier alpha value is -0.930. The van der Waals surface area contributed by atoms with Crippen molar-refractivity contribution in [1.82, 2.24) is 0 Å². The molecule has 1 aromatic rings. The molecule has 1 unspecified atom stereocenters. The summed E-state index contributed by atoms with van der Waals surface area (Å²) >= 11 is 0. The van der Waals surface area contributed by atoms with Crippen molar-refractivity contribution in [3.05, 3.63) is 35.6 Å². The first-order valence-electron chi connectivity index (χ1n) is 4.31. The molecule has 1 saturated heterocycles. The molecule has 0 saturated carbocycles. The molecule has 2 nitrogen and oxygen atoms in total. The first-order chi connectivity index (χ1) is 6.36. The van der Waals surface area contributed by atoms with Gasteiger partial charge < -0.3 is 9.47 Å². The molecule has 1 atom stereocenters. The van der Waals surface area contributed by atoms with E-state index < -0.39 is 0 Å². The predicted octanol–water partition coefficient (Wildman–Crippen LogP) is 2.26. The van der Waals surface area contributed by atoms with E-state index >= 15 is 0 Å². The minimum absolute atomic E-state index is 0.0642. The standard InChI is InChI=1S/C10H11FO2/c11-9-3-1-8(2-4-9)10-5-6-12-7-13-10/h1-4,10H,5-7H2. The fraction of sp³-hybridized carbons (Fsp3) is 0.400. The normalized spacial score (nSPS) is 23.0. The van der Waals surface area contributed by atoms with Crippen LogP contribution < -0.4 is 0 Å². The maximum Gasteiger partial charge on any atom is 0.147 e. The summed E-state index contributed by atoms with van der Waals surface area (Å²) in [5.74, 6) is -0.212. The molecule has 0 N–H and O–H groups in total. The molecule has 70 valence electrons. The molecule has 0 aliphatic carbocycles. The molecule has 13 heavy (non-hydrogen) atoms. The van der Waals surface area contributed by atoms with Gasteiger partial charge in [0.25, 0.3) is 0 Å². The summed E-state index contributed by atoms with van der Waals surface area (Å²) in [5, 5.41) is 0. The second kappa shape index (κ2) is 3.85. The quantitative estimate of drug-likeness (QED) is 0.663. The van der Waals surface area contributed by atoms with E-state index in [-0.39, 0.29) is 11.9 Å². The summed E-state index contributed by atoms with van der Waals surface area (Å²) in [6.07, 6.45) is 0.903. The van der Waals surface area contributed by atoms with Crippen molar-refractivity contribution in [3.63, 3.8) is 0 Å². The summed E-state index contributed by atoms with van der Waals surface area (Å²) in [5.41, 5.74) is 1.02. The summed E-state index contributed by atoms with van der Waals surface area (Å²) in [7, 11) is 0. The van der Waals surface area contributed by atoms with Crippen LogP contribution in [0.3, 0.4) is 0 Å². The van der Waals surface area contributed by atoms with Crippen molar-refractivity contribution < 1.29 is 13.9 Å². The van der Waals surface area contributed by atoms with E-state index in [0.717, 1.165) is 12.0 Å². The third-order valence-corrected chi connectivity index (χ3v) is 2.12. The average Bonchev–Trinajstić information content (AvgIpc) is 2.20. The monoisotopic (exact) mass is 182 g/mol. The molecular weight excluding hydrogens is 171 g/mol. The van der Waals surface area contributed by atoms with Gasteiger partial charge in [-0.05, 0) is 17.7 Å². The summed E-state index contributed by atoms with van der Waals surface area (Å²) in [6, 6.07) is 6.42. The summed E-state index contributed by atoms with van der Waals surface area (Å²) < 4.78 is 23.0. The number of hydrogen-bond donors (Lipinski definition) is 0. The Balaban J connectivity index is 2.10. The van der Waals surface area contributed by atoms with Gasteiger partial charge in [-0.25, -0.2) is 4.39 Å². The molecule has 0 bridgehead atoms. The van der Waals surface area contributed by atoms with Crippen LogP contribution in [0.4, 0.5) is 4.39 Å². The van der Waals surface area contributed by atoms with Gasteiger partial charge in [0.2, 0.25) is 0 Å². The first kappa shape index (κ1) is 8.66. The van der Waals surface area contributed by atoms with Gasteiger partial charge >= 0.3 is 0 Å². The maximum absolute atomic E-state index is 12.6. The fourth-order valence-corrected chi connectivity index (χ4v) is 1.40. The minimum Gasteiger partial charge on any atom is -0.355 e. The Bertz CT molecular complexity index is 265. The lowest BCUT2D eigenvalue weighted by molar-refractivity contribution is -0.140. The minimum atomic E-state index is -0.212. The first-order valence-corrected chi connectivity index (χ1v) is 4.31. The Labute approximate surface area is 76.3 Å². The topological polar surface area (TPSA) is 18.5 Å². The fourth-order valence-electron chi connectivity index (χ4n) is 1.40. The van der Waals surface area contributed by atoms with E-state index in [1.54, 1.807) is 12.1 Å². The second-order valence-corrected chi connectivity index (χ2v) is 3.02. The maximum atomic E-state index is 12.6. The molecule has 1 aliphatic rings. The van der Waals surface area contributed by atoms with Crippen LogP contribution >= 0.6 is 0 Å². The van der Waals surface area contributed by atoms with E-state index in [9.17, 15) is 4.39 Å². The van der Waals surface area contributed by atoms with E-state index in [2.05, 4.69) is 0 Å². The predicted molar refractivity (Wildman–Crippen MR) is 45.7 cm³/mol. The van der Waals surface area contributed by atoms with Crippen molar-refractivity contribution in [1.29, 1.82) is 0 Å². The van der Waals surface area contributed by atoms with Crippen LogP contribution in [-0.4, -0.2) is 13.4 Å². The lowest BCUT2D eigenvalue weighted by Gasteiger charge is -2.22. The smallest absolute Gasteiger partial charge is 0.147 e. The van der Waals surface area contributed by atoms with Crippen molar-refractivity contribution in [2.75, 3.05) is 13.4 Å².